The molecule has 2 amide bonds. The number of nitrogens with one attached hydrogen (secondary N) is 1. The van der Waals surface area contributed by atoms with E-state index in [2.05, 4.69) is 10.2 Å². The number of amides is 2. The number of benzene rings is 1. The number of rotatable bonds is 2. The highest BCUT2D eigenvalue weighted by atomic mass is 16.2. The van der Waals surface area contributed by atoms with E-state index in [1.807, 2.05) is 38.2 Å². The van der Waals surface area contributed by atoms with Crippen LogP contribution in [0.2, 0.25) is 0 Å². The fraction of sp³-hybridized carbons (Fsp3) is 0.467. The lowest BCUT2D eigenvalue weighted by atomic mass is 10.1. The molecule has 1 aliphatic rings. The Bertz CT molecular complexity index is 494. The number of likely N-dealkylation sites (N-methyl/N-ethyl adjacent to an activating group) is 1. The van der Waals surface area contributed by atoms with Crippen molar-refractivity contribution in [1.82, 2.24) is 15.1 Å². The number of piperazine rings is 1. The first-order chi connectivity index (χ1) is 9.58. The molecule has 20 heavy (non-hydrogen) atoms. The summed E-state index contributed by atoms with van der Waals surface area (Å²) in [6, 6.07) is 7.83. The van der Waals surface area contributed by atoms with Gasteiger partial charge in [-0.25, -0.2) is 0 Å². The zero-order valence-electron chi connectivity index (χ0n) is 12.1. The van der Waals surface area contributed by atoms with Crippen molar-refractivity contribution in [2.45, 2.75) is 13.5 Å². The van der Waals surface area contributed by atoms with Crippen LogP contribution in [-0.2, 0) is 16.1 Å². The maximum Gasteiger partial charge on any atom is 0.311 e. The molecule has 1 N–H and O–H groups in total. The second-order valence-electron chi connectivity index (χ2n) is 5.20. The van der Waals surface area contributed by atoms with E-state index in [0.29, 0.717) is 19.6 Å². The smallest absolute Gasteiger partial charge is 0.311 e. The molecule has 0 saturated carbocycles. The van der Waals surface area contributed by atoms with Crippen molar-refractivity contribution in [3.05, 3.63) is 35.4 Å². The summed E-state index contributed by atoms with van der Waals surface area (Å²) in [7, 11) is 2.01. The first kappa shape index (κ1) is 14.5. The molecule has 1 aromatic carbocycles. The van der Waals surface area contributed by atoms with E-state index in [4.69, 9.17) is 0 Å². The number of nitrogens with zero attached hydrogens (tertiary/aromatic N) is 2. The number of hydrogen-bond donors (Lipinski definition) is 1. The lowest BCUT2D eigenvalue weighted by molar-refractivity contribution is -0.146. The van der Waals surface area contributed by atoms with Crippen molar-refractivity contribution in [3.63, 3.8) is 0 Å². The van der Waals surface area contributed by atoms with E-state index in [-0.39, 0.29) is 0 Å². The van der Waals surface area contributed by atoms with Crippen LogP contribution in [0.5, 0.6) is 0 Å². The molecule has 0 aromatic heterocycles. The first-order valence-electron chi connectivity index (χ1n) is 6.88. The molecule has 0 unspecified atom stereocenters. The van der Waals surface area contributed by atoms with Crippen LogP contribution in [0.3, 0.4) is 0 Å². The van der Waals surface area contributed by atoms with Gasteiger partial charge in [-0.2, -0.15) is 0 Å². The van der Waals surface area contributed by atoms with Gasteiger partial charge in [-0.05, 0) is 25.1 Å². The summed E-state index contributed by atoms with van der Waals surface area (Å²) in [6.45, 7) is 5.25. The summed E-state index contributed by atoms with van der Waals surface area (Å²) >= 11 is 0. The molecule has 5 heteroatoms. The van der Waals surface area contributed by atoms with Gasteiger partial charge >= 0.3 is 11.8 Å². The highest BCUT2D eigenvalue weighted by Gasteiger charge is 2.24. The van der Waals surface area contributed by atoms with E-state index >= 15 is 0 Å². The third-order valence-corrected chi connectivity index (χ3v) is 3.69. The van der Waals surface area contributed by atoms with Gasteiger partial charge in [0.15, 0.2) is 0 Å². The lowest BCUT2D eigenvalue weighted by Crippen LogP contribution is -2.51. The average molecular weight is 275 g/mol. The highest BCUT2D eigenvalue weighted by molar-refractivity contribution is 6.35. The standard InChI is InChI=1S/C15H21N3O2/c1-12-5-3-4-6-13(12)11-16-14(19)15(20)18-9-7-17(2)8-10-18/h3-6H,7-11H2,1-2H3,(H,16,19). The molecular formula is C15H21N3O2. The van der Waals surface area contributed by atoms with Crippen LogP contribution in [0.15, 0.2) is 24.3 Å². The minimum Gasteiger partial charge on any atom is -0.344 e. The maximum absolute atomic E-state index is 12.0. The average Bonchev–Trinajstić information content (AvgIpc) is 2.46. The molecule has 0 spiro atoms. The number of carbonyl (C=O) groups excluding carboxylic acids is 2. The predicted octanol–water partition coefficient (Wildman–Crippen LogP) is 0.385. The molecule has 1 aliphatic heterocycles. The molecule has 1 saturated heterocycles. The van der Waals surface area contributed by atoms with Crippen LogP contribution in [0, 0.1) is 6.92 Å². The number of carbonyl (C=O) groups is 2. The van der Waals surface area contributed by atoms with Gasteiger partial charge in [0.25, 0.3) is 0 Å². The zero-order chi connectivity index (χ0) is 14.5. The van der Waals surface area contributed by atoms with Gasteiger partial charge in [0.1, 0.15) is 0 Å². The van der Waals surface area contributed by atoms with E-state index in [0.717, 1.165) is 24.2 Å². The van der Waals surface area contributed by atoms with Crippen LogP contribution < -0.4 is 5.32 Å². The topological polar surface area (TPSA) is 52.7 Å². The second kappa shape index (κ2) is 6.52. The zero-order valence-corrected chi connectivity index (χ0v) is 12.1. The molecule has 5 nitrogen and oxygen atoms in total. The summed E-state index contributed by atoms with van der Waals surface area (Å²) in [5, 5.41) is 2.70. The van der Waals surface area contributed by atoms with Crippen LogP contribution in [0.25, 0.3) is 0 Å². The van der Waals surface area contributed by atoms with Crippen LogP contribution >= 0.6 is 0 Å². The van der Waals surface area contributed by atoms with Gasteiger partial charge in [-0.3, -0.25) is 9.59 Å². The number of hydrogen-bond acceptors (Lipinski definition) is 3. The monoisotopic (exact) mass is 275 g/mol. The Morgan fingerprint density at radius 3 is 2.45 bits per heavy atom. The summed E-state index contributed by atoms with van der Waals surface area (Å²) in [4.78, 5) is 27.7. The quantitative estimate of drug-likeness (QED) is 0.794. The van der Waals surface area contributed by atoms with Crippen LogP contribution in [-0.4, -0.2) is 54.8 Å². The molecule has 0 bridgehead atoms. The first-order valence-corrected chi connectivity index (χ1v) is 6.88. The molecule has 0 radical (unpaired) electrons. The molecule has 2 rings (SSSR count). The van der Waals surface area contributed by atoms with Crippen molar-refractivity contribution in [3.8, 4) is 0 Å². The Hall–Kier alpha value is -1.88. The molecule has 0 aliphatic carbocycles. The van der Waals surface area contributed by atoms with Gasteiger partial charge in [0.05, 0.1) is 0 Å². The van der Waals surface area contributed by atoms with Gasteiger partial charge in [-0.15, -0.1) is 0 Å². The largest absolute Gasteiger partial charge is 0.344 e. The van der Waals surface area contributed by atoms with Crippen molar-refractivity contribution in [2.75, 3.05) is 33.2 Å². The minimum atomic E-state index is -0.516. The SMILES string of the molecule is Cc1ccccc1CNC(=O)C(=O)N1CCN(C)CC1. The van der Waals surface area contributed by atoms with E-state index in [1.54, 1.807) is 4.90 Å². The maximum atomic E-state index is 12.0. The molecule has 108 valence electrons. The van der Waals surface area contributed by atoms with Gasteiger partial charge in [-0.1, -0.05) is 24.3 Å². The summed E-state index contributed by atoms with van der Waals surface area (Å²) < 4.78 is 0. The van der Waals surface area contributed by atoms with Crippen molar-refractivity contribution < 1.29 is 9.59 Å². The molecule has 1 heterocycles. The third kappa shape index (κ3) is 3.57. The Morgan fingerprint density at radius 1 is 1.15 bits per heavy atom. The summed E-state index contributed by atoms with van der Waals surface area (Å²) in [6.07, 6.45) is 0. The predicted molar refractivity (Wildman–Crippen MR) is 77.1 cm³/mol. The van der Waals surface area contributed by atoms with Crippen molar-refractivity contribution >= 4 is 11.8 Å². The van der Waals surface area contributed by atoms with Gasteiger partial charge < -0.3 is 15.1 Å². The summed E-state index contributed by atoms with van der Waals surface area (Å²) in [5.74, 6) is -0.940. The van der Waals surface area contributed by atoms with Crippen molar-refractivity contribution in [2.24, 2.45) is 0 Å². The molecule has 1 fully saturated rings. The van der Waals surface area contributed by atoms with Crippen LogP contribution in [0.1, 0.15) is 11.1 Å². The second-order valence-corrected chi connectivity index (χ2v) is 5.20. The Kier molecular flexibility index (Phi) is 4.74. The number of aryl methyl sites for hydroxylation is 1. The Labute approximate surface area is 119 Å². The van der Waals surface area contributed by atoms with E-state index < -0.39 is 11.8 Å². The summed E-state index contributed by atoms with van der Waals surface area (Å²) in [5.41, 5.74) is 2.15. The highest BCUT2D eigenvalue weighted by Crippen LogP contribution is 2.06. The van der Waals surface area contributed by atoms with E-state index in [9.17, 15) is 9.59 Å². The fourth-order valence-electron chi connectivity index (χ4n) is 2.21. The minimum absolute atomic E-state index is 0.394. The lowest BCUT2D eigenvalue weighted by Gasteiger charge is -2.31. The van der Waals surface area contributed by atoms with Crippen LogP contribution in [0.4, 0.5) is 0 Å². The third-order valence-electron chi connectivity index (χ3n) is 3.69. The molecular weight excluding hydrogens is 254 g/mol. The van der Waals surface area contributed by atoms with Gasteiger partial charge in [0, 0.05) is 32.7 Å². The fourth-order valence-corrected chi connectivity index (χ4v) is 2.21. The Morgan fingerprint density at radius 2 is 1.80 bits per heavy atom. The van der Waals surface area contributed by atoms with Crippen molar-refractivity contribution in [1.29, 1.82) is 0 Å². The van der Waals surface area contributed by atoms with Gasteiger partial charge in [0.2, 0.25) is 0 Å². The molecule has 0 atom stereocenters. The Balaban J connectivity index is 1.86. The molecule has 1 aromatic rings. The van der Waals surface area contributed by atoms with E-state index in [1.165, 1.54) is 0 Å². The normalized spacial score (nSPS) is 16.0.